The fourth-order valence-electron chi connectivity index (χ4n) is 2.03. The van der Waals surface area contributed by atoms with E-state index in [9.17, 15) is 13.2 Å². The fraction of sp³-hybridized carbons (Fsp3) is 0.500. The molecule has 0 saturated carbocycles. The Balaban J connectivity index is 2.86. The van der Waals surface area contributed by atoms with Gasteiger partial charge in [-0.15, -0.1) is 0 Å². The van der Waals surface area contributed by atoms with Gasteiger partial charge in [0.15, 0.2) is 0 Å². The standard InChI is InChI=1S/C14H21ClN2O3S/c1-4-16(5-2)14(18)10-11-17(21(3,19)20)13-8-6-12(15)7-9-13/h6-9H,4-5,10-11H2,1-3H3. The molecule has 1 amide bonds. The highest BCUT2D eigenvalue weighted by atomic mass is 35.5. The minimum atomic E-state index is -3.45. The first-order chi connectivity index (χ1) is 9.79. The van der Waals surface area contributed by atoms with Crippen LogP contribution in [0.1, 0.15) is 20.3 Å². The second-order valence-electron chi connectivity index (χ2n) is 4.63. The second-order valence-corrected chi connectivity index (χ2v) is 6.97. The van der Waals surface area contributed by atoms with Gasteiger partial charge in [-0.3, -0.25) is 9.10 Å². The highest BCUT2D eigenvalue weighted by molar-refractivity contribution is 7.92. The summed E-state index contributed by atoms with van der Waals surface area (Å²) < 4.78 is 25.0. The lowest BCUT2D eigenvalue weighted by Crippen LogP contribution is -2.36. The average Bonchev–Trinajstić information content (AvgIpc) is 2.41. The van der Waals surface area contributed by atoms with E-state index in [1.165, 1.54) is 4.31 Å². The summed E-state index contributed by atoms with van der Waals surface area (Å²) in [6, 6.07) is 6.51. The van der Waals surface area contributed by atoms with Crippen LogP contribution in [0.15, 0.2) is 24.3 Å². The maximum atomic E-state index is 12.0. The Hall–Kier alpha value is -1.27. The van der Waals surface area contributed by atoms with Gasteiger partial charge in [0.05, 0.1) is 11.9 Å². The maximum absolute atomic E-state index is 12.0. The Morgan fingerprint density at radius 3 is 2.10 bits per heavy atom. The van der Waals surface area contributed by atoms with E-state index >= 15 is 0 Å². The number of hydrogen-bond donors (Lipinski definition) is 0. The summed E-state index contributed by atoms with van der Waals surface area (Å²) in [5, 5.41) is 0.534. The molecular formula is C14H21ClN2O3S. The Morgan fingerprint density at radius 2 is 1.67 bits per heavy atom. The van der Waals surface area contributed by atoms with Crippen LogP contribution in [-0.2, 0) is 14.8 Å². The number of amides is 1. The van der Waals surface area contributed by atoms with Gasteiger partial charge in [-0.05, 0) is 38.1 Å². The van der Waals surface area contributed by atoms with Crippen molar-refractivity contribution in [1.82, 2.24) is 4.90 Å². The second kappa shape index (κ2) is 7.66. The van der Waals surface area contributed by atoms with E-state index in [2.05, 4.69) is 0 Å². The molecule has 0 bridgehead atoms. The van der Waals surface area contributed by atoms with Crippen molar-refractivity contribution >= 4 is 33.2 Å². The Kier molecular flexibility index (Phi) is 6.48. The number of carbonyl (C=O) groups is 1. The van der Waals surface area contributed by atoms with Crippen LogP contribution in [0.25, 0.3) is 0 Å². The predicted molar refractivity (Wildman–Crippen MR) is 86.2 cm³/mol. The van der Waals surface area contributed by atoms with Crippen molar-refractivity contribution < 1.29 is 13.2 Å². The molecule has 0 aliphatic rings. The number of sulfonamides is 1. The van der Waals surface area contributed by atoms with Crippen LogP contribution in [0.5, 0.6) is 0 Å². The SMILES string of the molecule is CCN(CC)C(=O)CCN(c1ccc(Cl)cc1)S(C)(=O)=O. The molecule has 0 aromatic heterocycles. The molecule has 0 heterocycles. The maximum Gasteiger partial charge on any atom is 0.232 e. The zero-order valence-electron chi connectivity index (χ0n) is 12.5. The molecule has 5 nitrogen and oxygen atoms in total. The van der Waals surface area contributed by atoms with Gasteiger partial charge in [-0.2, -0.15) is 0 Å². The third kappa shape index (κ3) is 5.21. The van der Waals surface area contributed by atoms with Crippen molar-refractivity contribution in [3.05, 3.63) is 29.3 Å². The monoisotopic (exact) mass is 332 g/mol. The van der Waals surface area contributed by atoms with E-state index in [0.717, 1.165) is 6.26 Å². The summed E-state index contributed by atoms with van der Waals surface area (Å²) >= 11 is 5.81. The lowest BCUT2D eigenvalue weighted by molar-refractivity contribution is -0.130. The smallest absolute Gasteiger partial charge is 0.232 e. The van der Waals surface area contributed by atoms with Gasteiger partial charge in [0.2, 0.25) is 15.9 Å². The van der Waals surface area contributed by atoms with Crippen molar-refractivity contribution in [2.75, 3.05) is 30.2 Å². The van der Waals surface area contributed by atoms with Gasteiger partial charge in [-0.25, -0.2) is 8.42 Å². The lowest BCUT2D eigenvalue weighted by Gasteiger charge is -2.24. The number of nitrogens with zero attached hydrogens (tertiary/aromatic N) is 2. The van der Waals surface area contributed by atoms with Crippen molar-refractivity contribution in [1.29, 1.82) is 0 Å². The summed E-state index contributed by atoms with van der Waals surface area (Å²) in [6.07, 6.45) is 1.28. The molecule has 0 aliphatic carbocycles. The molecular weight excluding hydrogens is 312 g/mol. The van der Waals surface area contributed by atoms with Crippen molar-refractivity contribution in [3.63, 3.8) is 0 Å². The largest absolute Gasteiger partial charge is 0.343 e. The van der Waals surface area contributed by atoms with Crippen LogP contribution < -0.4 is 4.31 Å². The zero-order valence-corrected chi connectivity index (χ0v) is 14.1. The predicted octanol–water partition coefficient (Wildman–Crippen LogP) is 2.36. The molecule has 0 saturated heterocycles. The number of hydrogen-bond acceptors (Lipinski definition) is 3. The zero-order chi connectivity index (χ0) is 16.0. The third-order valence-electron chi connectivity index (χ3n) is 3.16. The van der Waals surface area contributed by atoms with Gasteiger partial charge in [0.1, 0.15) is 0 Å². The summed E-state index contributed by atoms with van der Waals surface area (Å²) in [5.74, 6) is -0.0531. The van der Waals surface area contributed by atoms with E-state index in [0.29, 0.717) is 23.8 Å². The first-order valence-corrected chi connectivity index (χ1v) is 9.03. The molecule has 0 unspecified atom stereocenters. The van der Waals surface area contributed by atoms with E-state index in [4.69, 9.17) is 11.6 Å². The molecule has 0 radical (unpaired) electrons. The molecule has 1 aromatic rings. The molecule has 7 heteroatoms. The van der Waals surface area contributed by atoms with Gasteiger partial charge >= 0.3 is 0 Å². The van der Waals surface area contributed by atoms with E-state index in [-0.39, 0.29) is 18.9 Å². The van der Waals surface area contributed by atoms with E-state index in [1.807, 2.05) is 13.8 Å². The van der Waals surface area contributed by atoms with E-state index < -0.39 is 10.0 Å². The van der Waals surface area contributed by atoms with Crippen LogP contribution in [0.3, 0.4) is 0 Å². The Morgan fingerprint density at radius 1 is 1.14 bits per heavy atom. The first kappa shape index (κ1) is 17.8. The minimum absolute atomic E-state index is 0.0531. The molecule has 0 spiro atoms. The van der Waals surface area contributed by atoms with Gasteiger partial charge in [-0.1, -0.05) is 11.6 Å². The molecule has 1 rings (SSSR count). The topological polar surface area (TPSA) is 57.7 Å². The van der Waals surface area contributed by atoms with Gasteiger partial charge < -0.3 is 4.90 Å². The quantitative estimate of drug-likeness (QED) is 0.770. The Labute approximate surface area is 131 Å². The molecule has 0 N–H and O–H groups in total. The normalized spacial score (nSPS) is 11.2. The van der Waals surface area contributed by atoms with Gasteiger partial charge in [0, 0.05) is 31.1 Å². The average molecular weight is 333 g/mol. The molecule has 0 aliphatic heterocycles. The number of halogens is 1. The van der Waals surface area contributed by atoms with Crippen molar-refractivity contribution in [3.8, 4) is 0 Å². The fourth-order valence-corrected chi connectivity index (χ4v) is 3.08. The van der Waals surface area contributed by atoms with Crippen LogP contribution >= 0.6 is 11.6 Å². The van der Waals surface area contributed by atoms with Crippen LogP contribution in [-0.4, -0.2) is 45.1 Å². The number of rotatable bonds is 7. The van der Waals surface area contributed by atoms with Crippen LogP contribution in [0.4, 0.5) is 5.69 Å². The third-order valence-corrected chi connectivity index (χ3v) is 4.61. The summed E-state index contributed by atoms with van der Waals surface area (Å²) in [7, 11) is -3.45. The molecule has 21 heavy (non-hydrogen) atoms. The number of carbonyl (C=O) groups excluding carboxylic acids is 1. The highest BCUT2D eigenvalue weighted by Crippen LogP contribution is 2.20. The minimum Gasteiger partial charge on any atom is -0.343 e. The Bertz CT molecular complexity index is 568. The molecule has 118 valence electrons. The molecule has 1 aromatic carbocycles. The van der Waals surface area contributed by atoms with E-state index in [1.54, 1.807) is 29.2 Å². The highest BCUT2D eigenvalue weighted by Gasteiger charge is 2.19. The van der Waals surface area contributed by atoms with Crippen molar-refractivity contribution in [2.24, 2.45) is 0 Å². The number of anilines is 1. The van der Waals surface area contributed by atoms with Gasteiger partial charge in [0.25, 0.3) is 0 Å². The summed E-state index contributed by atoms with van der Waals surface area (Å²) in [5.41, 5.74) is 0.509. The summed E-state index contributed by atoms with van der Waals surface area (Å²) in [6.45, 7) is 5.16. The van der Waals surface area contributed by atoms with Crippen LogP contribution in [0, 0.1) is 0 Å². The summed E-state index contributed by atoms with van der Waals surface area (Å²) in [4.78, 5) is 13.7. The molecule has 0 atom stereocenters. The lowest BCUT2D eigenvalue weighted by atomic mass is 10.3. The number of benzene rings is 1. The van der Waals surface area contributed by atoms with Crippen LogP contribution in [0.2, 0.25) is 5.02 Å². The molecule has 0 fully saturated rings. The first-order valence-electron chi connectivity index (χ1n) is 6.80. The van der Waals surface area contributed by atoms with Crippen molar-refractivity contribution in [2.45, 2.75) is 20.3 Å².